The summed E-state index contributed by atoms with van der Waals surface area (Å²) in [5.74, 6) is -2.93. The molecule has 0 spiro atoms. The second-order valence-electron chi connectivity index (χ2n) is 3.99. The minimum absolute atomic E-state index is 0.0446. The SMILES string of the molecule is COC(=O)C1(OC)CC(c2ccc(N)cc2F)=NO1. The van der Waals surface area contributed by atoms with Gasteiger partial charge in [-0.3, -0.25) is 0 Å². The summed E-state index contributed by atoms with van der Waals surface area (Å²) >= 11 is 0. The molecule has 7 heteroatoms. The van der Waals surface area contributed by atoms with Gasteiger partial charge in [0.25, 0.3) is 0 Å². The van der Waals surface area contributed by atoms with Crippen LogP contribution < -0.4 is 5.73 Å². The van der Waals surface area contributed by atoms with E-state index >= 15 is 0 Å². The van der Waals surface area contributed by atoms with Gasteiger partial charge in [0, 0.05) is 18.4 Å². The third kappa shape index (κ3) is 2.24. The van der Waals surface area contributed by atoms with E-state index in [4.69, 9.17) is 15.3 Å². The Balaban J connectivity index is 2.28. The number of nitrogen functional groups attached to an aromatic ring is 1. The fraction of sp³-hybridized carbons (Fsp3) is 0.333. The van der Waals surface area contributed by atoms with Gasteiger partial charge in [0.05, 0.1) is 19.2 Å². The van der Waals surface area contributed by atoms with Gasteiger partial charge in [-0.05, 0) is 18.2 Å². The first-order chi connectivity index (χ1) is 9.02. The summed E-state index contributed by atoms with van der Waals surface area (Å²) in [5, 5.41) is 3.70. The Kier molecular flexibility index (Phi) is 3.39. The first kappa shape index (κ1) is 13.3. The summed E-state index contributed by atoms with van der Waals surface area (Å²) in [4.78, 5) is 16.6. The maximum atomic E-state index is 13.8. The number of nitrogens with zero attached hydrogens (tertiary/aromatic N) is 1. The number of nitrogens with two attached hydrogens (primary N) is 1. The maximum Gasteiger partial charge on any atom is 0.382 e. The number of hydrogen-bond acceptors (Lipinski definition) is 6. The van der Waals surface area contributed by atoms with Gasteiger partial charge < -0.3 is 20.0 Å². The van der Waals surface area contributed by atoms with Crippen molar-refractivity contribution in [2.45, 2.75) is 12.2 Å². The Morgan fingerprint density at radius 1 is 1.53 bits per heavy atom. The van der Waals surface area contributed by atoms with Crippen molar-refractivity contribution >= 4 is 17.4 Å². The predicted octanol–water partition coefficient (Wildman–Crippen LogP) is 1.05. The topological polar surface area (TPSA) is 83.1 Å². The Labute approximate surface area is 108 Å². The molecule has 1 atom stereocenters. The van der Waals surface area contributed by atoms with Crippen molar-refractivity contribution in [2.75, 3.05) is 20.0 Å². The van der Waals surface area contributed by atoms with E-state index in [2.05, 4.69) is 9.89 Å². The molecule has 0 saturated heterocycles. The Bertz CT molecular complexity index is 547. The van der Waals surface area contributed by atoms with E-state index in [-0.39, 0.29) is 17.7 Å². The largest absolute Gasteiger partial charge is 0.464 e. The van der Waals surface area contributed by atoms with Crippen LogP contribution in [0.4, 0.5) is 10.1 Å². The number of oxime groups is 1. The summed E-state index contributed by atoms with van der Waals surface area (Å²) in [7, 11) is 2.49. The molecular weight excluding hydrogens is 255 g/mol. The van der Waals surface area contributed by atoms with Gasteiger partial charge in [0.2, 0.25) is 0 Å². The molecule has 1 unspecified atom stereocenters. The van der Waals surface area contributed by atoms with E-state index < -0.39 is 17.6 Å². The molecule has 0 aliphatic carbocycles. The average Bonchev–Trinajstić information content (AvgIpc) is 2.83. The highest BCUT2D eigenvalue weighted by Crippen LogP contribution is 2.30. The predicted molar refractivity (Wildman–Crippen MR) is 64.8 cm³/mol. The van der Waals surface area contributed by atoms with E-state index in [9.17, 15) is 9.18 Å². The molecule has 2 N–H and O–H groups in total. The Morgan fingerprint density at radius 3 is 2.84 bits per heavy atom. The number of hydrogen-bond donors (Lipinski definition) is 1. The van der Waals surface area contributed by atoms with Gasteiger partial charge >= 0.3 is 11.8 Å². The molecule has 0 aromatic heterocycles. The number of esters is 1. The van der Waals surface area contributed by atoms with Crippen molar-refractivity contribution in [2.24, 2.45) is 5.16 Å². The number of methoxy groups -OCH3 is 2. The van der Waals surface area contributed by atoms with E-state index in [0.717, 1.165) is 0 Å². The van der Waals surface area contributed by atoms with Crippen LogP contribution in [0.25, 0.3) is 0 Å². The second kappa shape index (κ2) is 4.85. The van der Waals surface area contributed by atoms with Gasteiger partial charge in [-0.2, -0.15) is 0 Å². The van der Waals surface area contributed by atoms with Crippen LogP contribution >= 0.6 is 0 Å². The lowest BCUT2D eigenvalue weighted by Crippen LogP contribution is -2.42. The van der Waals surface area contributed by atoms with Crippen LogP contribution in [0.5, 0.6) is 0 Å². The third-order valence-corrected chi connectivity index (χ3v) is 2.83. The Morgan fingerprint density at radius 2 is 2.26 bits per heavy atom. The minimum atomic E-state index is -1.65. The molecule has 1 heterocycles. The molecule has 1 aliphatic heterocycles. The summed E-state index contributed by atoms with van der Waals surface area (Å²) in [5.41, 5.74) is 6.22. The van der Waals surface area contributed by atoms with Crippen LogP contribution in [0.1, 0.15) is 12.0 Å². The van der Waals surface area contributed by atoms with Crippen LogP contribution in [0, 0.1) is 5.82 Å². The summed E-state index contributed by atoms with van der Waals surface area (Å²) in [6.07, 6.45) is -0.0446. The molecule has 1 aromatic rings. The van der Waals surface area contributed by atoms with Crippen LogP contribution in [0.3, 0.4) is 0 Å². The molecule has 1 aliphatic rings. The molecule has 2 rings (SSSR count). The molecule has 0 saturated carbocycles. The molecule has 0 fully saturated rings. The van der Waals surface area contributed by atoms with Crippen LogP contribution in [-0.2, 0) is 19.1 Å². The summed E-state index contributed by atoms with van der Waals surface area (Å²) in [6, 6.07) is 4.17. The number of carbonyl (C=O) groups excluding carboxylic acids is 1. The van der Waals surface area contributed by atoms with Crippen molar-refractivity contribution in [3.63, 3.8) is 0 Å². The minimum Gasteiger partial charge on any atom is -0.464 e. The monoisotopic (exact) mass is 268 g/mol. The van der Waals surface area contributed by atoms with Crippen molar-refractivity contribution < 1.29 is 23.5 Å². The molecule has 102 valence electrons. The lowest BCUT2D eigenvalue weighted by Gasteiger charge is -2.20. The third-order valence-electron chi connectivity index (χ3n) is 2.83. The summed E-state index contributed by atoms with van der Waals surface area (Å²) in [6.45, 7) is 0. The number of halogens is 1. The van der Waals surface area contributed by atoms with E-state index in [0.29, 0.717) is 5.69 Å². The smallest absolute Gasteiger partial charge is 0.382 e. The van der Waals surface area contributed by atoms with Crippen molar-refractivity contribution in [3.05, 3.63) is 29.6 Å². The van der Waals surface area contributed by atoms with Crippen molar-refractivity contribution in [1.29, 1.82) is 0 Å². The van der Waals surface area contributed by atoms with E-state index in [1.807, 2.05) is 0 Å². The average molecular weight is 268 g/mol. The van der Waals surface area contributed by atoms with Gasteiger partial charge in [-0.1, -0.05) is 5.16 Å². The highest BCUT2D eigenvalue weighted by molar-refractivity contribution is 6.04. The van der Waals surface area contributed by atoms with Crippen LogP contribution in [0.2, 0.25) is 0 Å². The van der Waals surface area contributed by atoms with E-state index in [1.54, 1.807) is 0 Å². The zero-order valence-corrected chi connectivity index (χ0v) is 10.5. The normalized spacial score (nSPS) is 21.7. The molecule has 0 radical (unpaired) electrons. The van der Waals surface area contributed by atoms with Crippen molar-refractivity contribution in [3.8, 4) is 0 Å². The first-order valence-corrected chi connectivity index (χ1v) is 5.46. The zero-order valence-electron chi connectivity index (χ0n) is 10.5. The molecule has 1 aromatic carbocycles. The molecular formula is C12H13FN2O4. The standard InChI is InChI=1S/C12H13FN2O4/c1-17-11(16)12(18-2)6-10(15-19-12)8-4-3-7(14)5-9(8)13/h3-5H,6,14H2,1-2H3. The second-order valence-corrected chi connectivity index (χ2v) is 3.99. The fourth-order valence-corrected chi connectivity index (χ4v) is 1.78. The van der Waals surface area contributed by atoms with Gasteiger partial charge in [-0.15, -0.1) is 0 Å². The van der Waals surface area contributed by atoms with Crippen LogP contribution in [0.15, 0.2) is 23.4 Å². The number of benzene rings is 1. The van der Waals surface area contributed by atoms with Crippen molar-refractivity contribution in [1.82, 2.24) is 0 Å². The van der Waals surface area contributed by atoms with Gasteiger partial charge in [0.15, 0.2) is 0 Å². The summed E-state index contributed by atoms with van der Waals surface area (Å²) < 4.78 is 23.4. The molecule has 0 bridgehead atoms. The van der Waals surface area contributed by atoms with Crippen LogP contribution in [-0.4, -0.2) is 31.7 Å². The van der Waals surface area contributed by atoms with Gasteiger partial charge in [-0.25, -0.2) is 9.18 Å². The molecule has 19 heavy (non-hydrogen) atoms. The zero-order chi connectivity index (χ0) is 14.0. The highest BCUT2D eigenvalue weighted by atomic mass is 19.1. The lowest BCUT2D eigenvalue weighted by atomic mass is 10.0. The molecule has 6 nitrogen and oxygen atoms in total. The number of ether oxygens (including phenoxy) is 2. The lowest BCUT2D eigenvalue weighted by molar-refractivity contribution is -0.227. The maximum absolute atomic E-state index is 13.8. The molecule has 0 amide bonds. The Hall–Kier alpha value is -2.15. The number of anilines is 1. The quantitative estimate of drug-likeness (QED) is 0.654. The highest BCUT2D eigenvalue weighted by Gasteiger charge is 2.49. The fourth-order valence-electron chi connectivity index (χ4n) is 1.78. The first-order valence-electron chi connectivity index (χ1n) is 5.46. The number of carbonyl (C=O) groups is 1. The number of rotatable bonds is 3. The van der Waals surface area contributed by atoms with E-state index in [1.165, 1.54) is 32.4 Å². The van der Waals surface area contributed by atoms with Gasteiger partial charge in [0.1, 0.15) is 5.82 Å².